The van der Waals surface area contributed by atoms with Gasteiger partial charge < -0.3 is 15.2 Å². The van der Waals surface area contributed by atoms with Crippen LogP contribution in [-0.4, -0.2) is 28.8 Å². The fourth-order valence-corrected chi connectivity index (χ4v) is 2.72. The highest BCUT2D eigenvalue weighted by Crippen LogP contribution is 2.35. The number of imidazole rings is 1. The molecule has 3 aromatic rings. The number of rotatable bonds is 3. The van der Waals surface area contributed by atoms with Gasteiger partial charge in [-0.3, -0.25) is 0 Å². The molecule has 0 aliphatic heterocycles. The number of methoxy groups -OCH3 is 2. The van der Waals surface area contributed by atoms with Crippen LogP contribution in [0.4, 0.5) is 5.82 Å². The summed E-state index contributed by atoms with van der Waals surface area (Å²) >= 11 is 1.45. The van der Waals surface area contributed by atoms with Crippen LogP contribution in [0.5, 0.6) is 11.5 Å². The molecule has 0 spiro atoms. The van der Waals surface area contributed by atoms with Gasteiger partial charge in [0.05, 0.1) is 26.0 Å². The second-order valence-corrected chi connectivity index (χ2v) is 4.82. The molecule has 0 aliphatic rings. The Hall–Kier alpha value is -2.28. The Morgan fingerprint density at radius 1 is 1.26 bits per heavy atom. The summed E-state index contributed by atoms with van der Waals surface area (Å²) in [4.78, 5) is 4.93. The highest BCUT2D eigenvalue weighted by molar-refractivity contribution is 7.19. The van der Waals surface area contributed by atoms with Gasteiger partial charge in [0.25, 0.3) is 0 Å². The minimum Gasteiger partial charge on any atom is -0.497 e. The van der Waals surface area contributed by atoms with E-state index in [0.29, 0.717) is 5.82 Å². The molecule has 7 heteroatoms. The number of aromatic nitrogens is 3. The number of benzene rings is 1. The Morgan fingerprint density at radius 2 is 2.11 bits per heavy atom. The van der Waals surface area contributed by atoms with E-state index in [4.69, 9.17) is 15.2 Å². The van der Waals surface area contributed by atoms with Crippen molar-refractivity contribution in [3.05, 3.63) is 24.4 Å². The highest BCUT2D eigenvalue weighted by Gasteiger charge is 2.14. The molecule has 2 aromatic heterocycles. The van der Waals surface area contributed by atoms with Crippen LogP contribution < -0.4 is 15.2 Å². The van der Waals surface area contributed by atoms with Gasteiger partial charge in [-0.05, 0) is 18.2 Å². The molecular weight excluding hydrogens is 264 g/mol. The molecule has 0 fully saturated rings. The van der Waals surface area contributed by atoms with Gasteiger partial charge in [0.2, 0.25) is 4.96 Å². The first-order valence-corrected chi connectivity index (χ1v) is 6.37. The fourth-order valence-electron chi connectivity index (χ4n) is 1.81. The predicted octanol–water partition coefficient (Wildman–Crippen LogP) is 2.06. The molecule has 19 heavy (non-hydrogen) atoms. The third-order valence-electron chi connectivity index (χ3n) is 2.70. The number of ether oxygens (including phenoxy) is 2. The van der Waals surface area contributed by atoms with Crippen LogP contribution in [0.2, 0.25) is 0 Å². The Bertz CT molecular complexity index is 703. The smallest absolute Gasteiger partial charge is 0.214 e. The van der Waals surface area contributed by atoms with Gasteiger partial charge in [0.1, 0.15) is 17.3 Å². The van der Waals surface area contributed by atoms with Gasteiger partial charge in [-0.2, -0.15) is 5.10 Å². The molecule has 6 nitrogen and oxygen atoms in total. The van der Waals surface area contributed by atoms with Crippen molar-refractivity contribution in [3.8, 4) is 22.1 Å². The highest BCUT2D eigenvalue weighted by atomic mass is 32.1. The first-order chi connectivity index (χ1) is 9.21. The second-order valence-electron chi connectivity index (χ2n) is 3.87. The zero-order valence-electron chi connectivity index (χ0n) is 10.5. The summed E-state index contributed by atoms with van der Waals surface area (Å²) in [5.74, 6) is 1.96. The number of nitrogens with two attached hydrogens (primary N) is 1. The molecule has 0 saturated heterocycles. The molecule has 0 atom stereocenters. The number of hydrogen-bond donors (Lipinski definition) is 1. The summed E-state index contributed by atoms with van der Waals surface area (Å²) in [6.07, 6.45) is 1.68. The summed E-state index contributed by atoms with van der Waals surface area (Å²) < 4.78 is 12.2. The van der Waals surface area contributed by atoms with E-state index >= 15 is 0 Å². The minimum atomic E-state index is 0.461. The first kappa shape index (κ1) is 11.8. The number of hydrogen-bond acceptors (Lipinski definition) is 6. The molecule has 0 aliphatic carbocycles. The van der Waals surface area contributed by atoms with E-state index in [1.807, 2.05) is 18.2 Å². The lowest BCUT2D eigenvalue weighted by Gasteiger charge is -2.07. The van der Waals surface area contributed by atoms with Crippen LogP contribution in [0.25, 0.3) is 15.5 Å². The van der Waals surface area contributed by atoms with E-state index in [0.717, 1.165) is 27.0 Å². The fraction of sp³-hybridized carbons (Fsp3) is 0.167. The average molecular weight is 276 g/mol. The van der Waals surface area contributed by atoms with Crippen LogP contribution >= 0.6 is 11.3 Å². The van der Waals surface area contributed by atoms with Crippen molar-refractivity contribution in [1.82, 2.24) is 14.6 Å². The summed E-state index contributed by atoms with van der Waals surface area (Å²) in [6, 6.07) is 5.59. The van der Waals surface area contributed by atoms with Crippen molar-refractivity contribution >= 4 is 22.1 Å². The van der Waals surface area contributed by atoms with Crippen molar-refractivity contribution in [2.75, 3.05) is 20.0 Å². The Morgan fingerprint density at radius 3 is 2.79 bits per heavy atom. The molecule has 3 rings (SSSR count). The molecule has 0 bridgehead atoms. The van der Waals surface area contributed by atoms with Crippen molar-refractivity contribution in [2.45, 2.75) is 0 Å². The monoisotopic (exact) mass is 276 g/mol. The van der Waals surface area contributed by atoms with Crippen molar-refractivity contribution in [1.29, 1.82) is 0 Å². The van der Waals surface area contributed by atoms with Crippen LogP contribution in [0.3, 0.4) is 0 Å². The van der Waals surface area contributed by atoms with E-state index in [-0.39, 0.29) is 0 Å². The first-order valence-electron chi connectivity index (χ1n) is 5.55. The largest absolute Gasteiger partial charge is 0.497 e. The average Bonchev–Trinajstić information content (AvgIpc) is 2.95. The number of nitrogen functional groups attached to an aromatic ring is 1. The SMILES string of the molecule is COc1ccc(OC)c(-c2nn3cc(N)nc3s2)c1. The molecule has 0 unspecified atom stereocenters. The van der Waals surface area contributed by atoms with Crippen LogP contribution in [0.15, 0.2) is 24.4 Å². The van der Waals surface area contributed by atoms with Gasteiger partial charge >= 0.3 is 0 Å². The van der Waals surface area contributed by atoms with Crippen molar-refractivity contribution in [3.63, 3.8) is 0 Å². The van der Waals surface area contributed by atoms with Gasteiger partial charge in [0.15, 0.2) is 5.01 Å². The number of fused-ring (bicyclic) bond motifs is 1. The lowest BCUT2D eigenvalue weighted by Crippen LogP contribution is -1.91. The Balaban J connectivity index is 2.15. The van der Waals surface area contributed by atoms with Crippen molar-refractivity contribution in [2.24, 2.45) is 0 Å². The Labute approximate surface area is 113 Å². The molecule has 0 amide bonds. The summed E-state index contributed by atoms with van der Waals surface area (Å²) in [5, 5.41) is 5.25. The zero-order chi connectivity index (χ0) is 13.4. The van der Waals surface area contributed by atoms with Gasteiger partial charge in [0, 0.05) is 0 Å². The summed E-state index contributed by atoms with van der Waals surface area (Å²) in [6.45, 7) is 0. The molecule has 2 heterocycles. The van der Waals surface area contributed by atoms with Gasteiger partial charge in [-0.25, -0.2) is 9.50 Å². The van der Waals surface area contributed by atoms with Gasteiger partial charge in [-0.15, -0.1) is 0 Å². The molecule has 0 saturated carbocycles. The lowest BCUT2D eigenvalue weighted by atomic mass is 10.2. The summed E-state index contributed by atoms with van der Waals surface area (Å²) in [5.41, 5.74) is 6.49. The number of anilines is 1. The maximum Gasteiger partial charge on any atom is 0.214 e. The molecule has 0 radical (unpaired) electrons. The van der Waals surface area contributed by atoms with E-state index in [2.05, 4.69) is 10.1 Å². The third kappa shape index (κ3) is 1.97. The van der Waals surface area contributed by atoms with Gasteiger partial charge in [-0.1, -0.05) is 11.3 Å². The third-order valence-corrected chi connectivity index (χ3v) is 3.65. The second kappa shape index (κ2) is 4.43. The van der Waals surface area contributed by atoms with E-state index in [1.165, 1.54) is 11.3 Å². The molecular formula is C12H12N4O2S. The maximum absolute atomic E-state index is 5.62. The van der Waals surface area contributed by atoms with Crippen molar-refractivity contribution < 1.29 is 9.47 Å². The summed E-state index contributed by atoms with van der Waals surface area (Å²) in [7, 11) is 3.25. The van der Waals surface area contributed by atoms with E-state index in [1.54, 1.807) is 24.9 Å². The minimum absolute atomic E-state index is 0.461. The van der Waals surface area contributed by atoms with Crippen LogP contribution in [0, 0.1) is 0 Å². The topological polar surface area (TPSA) is 74.7 Å². The molecule has 1 aromatic carbocycles. The standard InChI is InChI=1S/C12H12N4O2S/c1-17-7-3-4-9(18-2)8(5-7)11-15-16-6-10(13)14-12(16)19-11/h3-6H,13H2,1-2H3. The van der Waals surface area contributed by atoms with Crippen LogP contribution in [0.1, 0.15) is 0 Å². The predicted molar refractivity (Wildman–Crippen MR) is 73.8 cm³/mol. The Kier molecular flexibility index (Phi) is 2.75. The molecule has 2 N–H and O–H groups in total. The van der Waals surface area contributed by atoms with E-state index in [9.17, 15) is 0 Å². The quantitative estimate of drug-likeness (QED) is 0.792. The van der Waals surface area contributed by atoms with E-state index < -0.39 is 0 Å². The maximum atomic E-state index is 5.62. The lowest BCUT2D eigenvalue weighted by molar-refractivity contribution is 0.404. The normalized spacial score (nSPS) is 10.8. The zero-order valence-corrected chi connectivity index (χ0v) is 11.3. The number of nitrogens with zero attached hydrogens (tertiary/aromatic N) is 3. The molecule has 98 valence electrons. The van der Waals surface area contributed by atoms with Crippen LogP contribution in [-0.2, 0) is 0 Å².